The fraction of sp³-hybridized carbons (Fsp3) is 0.333. The Balaban J connectivity index is 1.47. The quantitative estimate of drug-likeness (QED) is 0.787. The lowest BCUT2D eigenvalue weighted by Gasteiger charge is -2.30. The van der Waals surface area contributed by atoms with Crippen LogP contribution >= 0.6 is 0 Å². The number of fused-ring (bicyclic) bond motifs is 1. The van der Waals surface area contributed by atoms with E-state index in [2.05, 4.69) is 34.2 Å². The highest BCUT2D eigenvalue weighted by molar-refractivity contribution is 5.92. The summed E-state index contributed by atoms with van der Waals surface area (Å²) in [5.74, 6) is 1.36. The van der Waals surface area contributed by atoms with Gasteiger partial charge in [-0.1, -0.05) is 12.1 Å². The summed E-state index contributed by atoms with van der Waals surface area (Å²) >= 11 is 0. The molecule has 1 saturated heterocycles. The van der Waals surface area contributed by atoms with Crippen molar-refractivity contribution < 1.29 is 4.79 Å². The van der Waals surface area contributed by atoms with Crippen LogP contribution in [0, 0.1) is 6.92 Å². The lowest BCUT2D eigenvalue weighted by molar-refractivity contribution is 0.0704. The third-order valence-electron chi connectivity index (χ3n) is 4.69. The van der Waals surface area contributed by atoms with E-state index in [9.17, 15) is 4.79 Å². The summed E-state index contributed by atoms with van der Waals surface area (Å²) in [4.78, 5) is 22.5. The molecule has 2 aromatic heterocycles. The normalized spacial score (nSPS) is 15.8. The number of rotatable bonds is 2. The standard InChI is InChI=1S/C18H19N5O/c1-12-4-2-5-14-16(12)21-17(20-14)13-7-10-23(11-8-13)18(24)15-6-3-9-19-22-15/h2-6,9,13H,7-8,10-11H2,1H3,(H,20,21). The van der Waals surface area contributed by atoms with E-state index >= 15 is 0 Å². The first-order valence-electron chi connectivity index (χ1n) is 8.24. The Morgan fingerprint density at radius 3 is 2.75 bits per heavy atom. The second-order valence-corrected chi connectivity index (χ2v) is 6.27. The van der Waals surface area contributed by atoms with Gasteiger partial charge in [-0.05, 0) is 43.5 Å². The summed E-state index contributed by atoms with van der Waals surface area (Å²) in [6.45, 7) is 3.52. The molecule has 1 fully saturated rings. The van der Waals surface area contributed by atoms with Crippen molar-refractivity contribution in [3.05, 3.63) is 53.6 Å². The van der Waals surface area contributed by atoms with Gasteiger partial charge in [-0.25, -0.2) is 4.98 Å². The number of benzene rings is 1. The predicted octanol–water partition coefficient (Wildman–Crippen LogP) is 2.68. The van der Waals surface area contributed by atoms with Crippen LogP contribution < -0.4 is 0 Å². The van der Waals surface area contributed by atoms with E-state index in [1.54, 1.807) is 18.3 Å². The van der Waals surface area contributed by atoms with E-state index in [-0.39, 0.29) is 5.91 Å². The molecular formula is C18H19N5O. The molecule has 1 aliphatic rings. The van der Waals surface area contributed by atoms with Crippen molar-refractivity contribution in [1.29, 1.82) is 0 Å². The number of hydrogen-bond acceptors (Lipinski definition) is 4. The molecule has 0 saturated carbocycles. The Labute approximate surface area is 139 Å². The number of nitrogens with zero attached hydrogens (tertiary/aromatic N) is 4. The second-order valence-electron chi connectivity index (χ2n) is 6.27. The Kier molecular flexibility index (Phi) is 3.72. The molecule has 1 aliphatic heterocycles. The summed E-state index contributed by atoms with van der Waals surface area (Å²) in [6.07, 6.45) is 3.39. The van der Waals surface area contributed by atoms with Crippen LogP contribution in [-0.2, 0) is 0 Å². The minimum absolute atomic E-state index is 0.0398. The van der Waals surface area contributed by atoms with E-state index in [1.807, 2.05) is 11.0 Å². The SMILES string of the molecule is Cc1cccc2[nH]c(C3CCN(C(=O)c4cccnn4)CC3)nc12. The van der Waals surface area contributed by atoms with E-state index in [0.717, 1.165) is 42.8 Å². The van der Waals surface area contributed by atoms with E-state index in [0.29, 0.717) is 11.6 Å². The van der Waals surface area contributed by atoms with Crippen molar-refractivity contribution in [1.82, 2.24) is 25.1 Å². The average Bonchev–Trinajstić information content (AvgIpc) is 3.08. The number of hydrogen-bond donors (Lipinski definition) is 1. The van der Waals surface area contributed by atoms with Crippen LogP contribution in [0.25, 0.3) is 11.0 Å². The van der Waals surface area contributed by atoms with Gasteiger partial charge >= 0.3 is 0 Å². The zero-order valence-electron chi connectivity index (χ0n) is 13.6. The van der Waals surface area contributed by atoms with Crippen LogP contribution in [0.5, 0.6) is 0 Å². The topological polar surface area (TPSA) is 74.8 Å². The number of imidazole rings is 1. The van der Waals surface area contributed by atoms with Gasteiger partial charge in [0.25, 0.3) is 5.91 Å². The molecule has 0 bridgehead atoms. The molecule has 3 heterocycles. The lowest BCUT2D eigenvalue weighted by atomic mass is 9.96. The van der Waals surface area contributed by atoms with Gasteiger partial charge in [-0.2, -0.15) is 5.10 Å². The Hall–Kier alpha value is -2.76. The minimum atomic E-state index is -0.0398. The zero-order chi connectivity index (χ0) is 16.5. The third kappa shape index (κ3) is 2.64. The Morgan fingerprint density at radius 2 is 2.04 bits per heavy atom. The average molecular weight is 321 g/mol. The first-order valence-corrected chi connectivity index (χ1v) is 8.24. The molecule has 0 unspecified atom stereocenters. The Morgan fingerprint density at radius 1 is 1.21 bits per heavy atom. The number of carbonyl (C=O) groups is 1. The molecule has 0 spiro atoms. The number of carbonyl (C=O) groups excluding carboxylic acids is 1. The summed E-state index contributed by atoms with van der Waals surface area (Å²) in [6, 6.07) is 9.63. The Bertz CT molecular complexity index is 866. The number of aromatic nitrogens is 4. The summed E-state index contributed by atoms with van der Waals surface area (Å²) in [7, 11) is 0. The number of amides is 1. The molecule has 1 aromatic carbocycles. The van der Waals surface area contributed by atoms with Crippen LogP contribution in [0.2, 0.25) is 0 Å². The van der Waals surface area contributed by atoms with Crippen LogP contribution in [-0.4, -0.2) is 44.1 Å². The van der Waals surface area contributed by atoms with Crippen molar-refractivity contribution in [2.45, 2.75) is 25.7 Å². The highest BCUT2D eigenvalue weighted by atomic mass is 16.2. The number of nitrogens with one attached hydrogen (secondary N) is 1. The molecule has 0 atom stereocenters. The van der Waals surface area contributed by atoms with Gasteiger partial charge in [0.15, 0.2) is 5.69 Å². The maximum atomic E-state index is 12.4. The van der Waals surface area contributed by atoms with Crippen LogP contribution in [0.3, 0.4) is 0 Å². The fourth-order valence-electron chi connectivity index (χ4n) is 3.32. The largest absolute Gasteiger partial charge is 0.342 e. The predicted molar refractivity (Wildman–Crippen MR) is 90.7 cm³/mol. The second kappa shape index (κ2) is 6.03. The zero-order valence-corrected chi connectivity index (χ0v) is 13.6. The number of likely N-dealkylation sites (tertiary alicyclic amines) is 1. The number of piperidine rings is 1. The summed E-state index contributed by atoms with van der Waals surface area (Å²) in [5.41, 5.74) is 3.73. The first-order chi connectivity index (χ1) is 11.7. The molecule has 4 rings (SSSR count). The molecule has 122 valence electrons. The van der Waals surface area contributed by atoms with E-state index < -0.39 is 0 Å². The van der Waals surface area contributed by atoms with Crippen LogP contribution in [0.4, 0.5) is 0 Å². The fourth-order valence-corrected chi connectivity index (χ4v) is 3.32. The molecule has 6 heteroatoms. The number of H-pyrrole nitrogens is 1. The van der Waals surface area contributed by atoms with Crippen molar-refractivity contribution in [2.24, 2.45) is 0 Å². The molecule has 1 amide bonds. The third-order valence-corrected chi connectivity index (χ3v) is 4.69. The van der Waals surface area contributed by atoms with Gasteiger partial charge in [0.1, 0.15) is 5.82 Å². The maximum Gasteiger partial charge on any atom is 0.274 e. The van der Waals surface area contributed by atoms with Crippen LogP contribution in [0.15, 0.2) is 36.5 Å². The monoisotopic (exact) mass is 321 g/mol. The number of aryl methyl sites for hydroxylation is 1. The summed E-state index contributed by atoms with van der Waals surface area (Å²) < 4.78 is 0. The van der Waals surface area contributed by atoms with Crippen LogP contribution in [0.1, 0.15) is 40.6 Å². The minimum Gasteiger partial charge on any atom is -0.342 e. The highest BCUT2D eigenvalue weighted by Gasteiger charge is 2.27. The lowest BCUT2D eigenvalue weighted by Crippen LogP contribution is -2.38. The van der Waals surface area contributed by atoms with Gasteiger partial charge in [-0.3, -0.25) is 4.79 Å². The molecule has 0 aliphatic carbocycles. The molecule has 24 heavy (non-hydrogen) atoms. The first kappa shape index (κ1) is 14.8. The van der Waals surface area contributed by atoms with Crippen molar-refractivity contribution >= 4 is 16.9 Å². The molecule has 6 nitrogen and oxygen atoms in total. The van der Waals surface area contributed by atoms with Gasteiger partial charge < -0.3 is 9.88 Å². The van der Waals surface area contributed by atoms with Gasteiger partial charge in [0, 0.05) is 25.2 Å². The van der Waals surface area contributed by atoms with Gasteiger partial charge in [-0.15, -0.1) is 5.10 Å². The summed E-state index contributed by atoms with van der Waals surface area (Å²) in [5, 5.41) is 7.69. The van der Waals surface area contributed by atoms with Crippen molar-refractivity contribution in [2.75, 3.05) is 13.1 Å². The van der Waals surface area contributed by atoms with Gasteiger partial charge in [0.05, 0.1) is 11.0 Å². The van der Waals surface area contributed by atoms with Crippen molar-refractivity contribution in [3.8, 4) is 0 Å². The molecule has 1 N–H and O–H groups in total. The number of para-hydroxylation sites is 1. The van der Waals surface area contributed by atoms with E-state index in [4.69, 9.17) is 4.98 Å². The van der Waals surface area contributed by atoms with E-state index in [1.165, 1.54) is 5.56 Å². The number of aromatic amines is 1. The molecule has 3 aromatic rings. The molecule has 0 radical (unpaired) electrons. The highest BCUT2D eigenvalue weighted by Crippen LogP contribution is 2.28. The maximum absolute atomic E-state index is 12.4. The van der Waals surface area contributed by atoms with Gasteiger partial charge in [0.2, 0.25) is 0 Å². The molecular weight excluding hydrogens is 302 g/mol. The van der Waals surface area contributed by atoms with Crippen molar-refractivity contribution in [3.63, 3.8) is 0 Å². The smallest absolute Gasteiger partial charge is 0.274 e.